The summed E-state index contributed by atoms with van der Waals surface area (Å²) in [4.78, 5) is 18.2. The number of rotatable bonds is 7. The Labute approximate surface area is 167 Å². The van der Waals surface area contributed by atoms with E-state index >= 15 is 0 Å². The summed E-state index contributed by atoms with van der Waals surface area (Å²) < 4.78 is 0. The van der Waals surface area contributed by atoms with Crippen molar-refractivity contribution >= 4 is 47.4 Å². The Bertz CT molecular complexity index is 537. The first-order valence-corrected chi connectivity index (χ1v) is 8.34. The van der Waals surface area contributed by atoms with Crippen molar-refractivity contribution in [1.29, 1.82) is 0 Å². The van der Waals surface area contributed by atoms with Crippen LogP contribution in [0, 0.1) is 0 Å². The Morgan fingerprint density at radius 1 is 1.33 bits per heavy atom. The maximum atomic E-state index is 11.7. The Balaban J connectivity index is 0.00000529. The van der Waals surface area contributed by atoms with Crippen molar-refractivity contribution in [2.75, 3.05) is 20.1 Å². The van der Waals surface area contributed by atoms with Crippen LogP contribution in [0.25, 0.3) is 0 Å². The Morgan fingerprint density at radius 2 is 2.00 bits per heavy atom. The van der Waals surface area contributed by atoms with Crippen molar-refractivity contribution in [2.45, 2.75) is 39.8 Å². The number of benzene rings is 1. The zero-order valence-corrected chi connectivity index (χ0v) is 17.9. The summed E-state index contributed by atoms with van der Waals surface area (Å²) in [6, 6.07) is 7.92. The van der Waals surface area contributed by atoms with Gasteiger partial charge in [0, 0.05) is 37.6 Å². The molecule has 0 radical (unpaired) electrons. The molecule has 0 unspecified atom stereocenters. The Hall–Kier alpha value is -1.02. The number of nitrogens with zero attached hydrogens (tertiary/aromatic N) is 2. The molecule has 5 nitrogen and oxygen atoms in total. The molecule has 0 aromatic heterocycles. The second-order valence-electron chi connectivity index (χ2n) is 5.66. The lowest BCUT2D eigenvalue weighted by Gasteiger charge is -2.22. The number of hydrogen-bond donors (Lipinski definition) is 2. The van der Waals surface area contributed by atoms with Crippen LogP contribution in [0.3, 0.4) is 0 Å². The zero-order chi connectivity index (χ0) is 17.2. The SMILES string of the molecule is CCNC(=NCCC(=O)NC(C)C)N(C)Cc1ccccc1Cl.I. The quantitative estimate of drug-likeness (QED) is 0.368. The van der Waals surface area contributed by atoms with Gasteiger partial charge in [0.15, 0.2) is 5.96 Å². The Morgan fingerprint density at radius 3 is 2.58 bits per heavy atom. The lowest BCUT2D eigenvalue weighted by atomic mass is 10.2. The van der Waals surface area contributed by atoms with Gasteiger partial charge in [0.25, 0.3) is 0 Å². The third kappa shape index (κ3) is 8.73. The van der Waals surface area contributed by atoms with Crippen molar-refractivity contribution in [2.24, 2.45) is 4.99 Å². The fraction of sp³-hybridized carbons (Fsp3) is 0.529. The van der Waals surface area contributed by atoms with Crippen molar-refractivity contribution in [3.63, 3.8) is 0 Å². The van der Waals surface area contributed by atoms with Crippen molar-refractivity contribution in [3.05, 3.63) is 34.9 Å². The van der Waals surface area contributed by atoms with Gasteiger partial charge in [0.05, 0.1) is 6.54 Å². The number of hydrogen-bond acceptors (Lipinski definition) is 2. The van der Waals surface area contributed by atoms with E-state index < -0.39 is 0 Å². The number of nitrogens with one attached hydrogen (secondary N) is 2. The van der Waals surface area contributed by atoms with Gasteiger partial charge in [0.2, 0.25) is 5.91 Å². The average Bonchev–Trinajstić information content (AvgIpc) is 2.48. The number of carbonyl (C=O) groups excluding carboxylic acids is 1. The highest BCUT2D eigenvalue weighted by molar-refractivity contribution is 14.0. The summed E-state index contributed by atoms with van der Waals surface area (Å²) in [6.45, 7) is 7.79. The molecule has 0 aliphatic heterocycles. The largest absolute Gasteiger partial charge is 0.357 e. The second kappa shape index (κ2) is 12.4. The lowest BCUT2D eigenvalue weighted by molar-refractivity contribution is -0.121. The monoisotopic (exact) mass is 466 g/mol. The third-order valence-electron chi connectivity index (χ3n) is 3.11. The average molecular weight is 467 g/mol. The predicted octanol–water partition coefficient (Wildman–Crippen LogP) is 3.27. The molecule has 0 aliphatic rings. The summed E-state index contributed by atoms with van der Waals surface area (Å²) in [5, 5.41) is 6.85. The highest BCUT2D eigenvalue weighted by Gasteiger charge is 2.09. The highest BCUT2D eigenvalue weighted by Crippen LogP contribution is 2.16. The molecule has 1 aromatic carbocycles. The van der Waals surface area contributed by atoms with Gasteiger partial charge < -0.3 is 15.5 Å². The topological polar surface area (TPSA) is 56.7 Å². The molecular weight excluding hydrogens is 439 g/mol. The molecule has 0 fully saturated rings. The van der Waals surface area contributed by atoms with Crippen LogP contribution >= 0.6 is 35.6 Å². The predicted molar refractivity (Wildman–Crippen MR) is 112 cm³/mol. The number of amides is 1. The van der Waals surface area contributed by atoms with Crippen LogP contribution < -0.4 is 10.6 Å². The Kier molecular flexibility index (Phi) is 11.8. The van der Waals surface area contributed by atoms with Gasteiger partial charge in [-0.05, 0) is 32.4 Å². The molecule has 0 atom stereocenters. The van der Waals surface area contributed by atoms with E-state index in [1.165, 1.54) is 0 Å². The standard InChI is InChI=1S/C17H27ClN4O.HI/c1-5-19-17(20-11-10-16(23)21-13(2)3)22(4)12-14-8-6-7-9-15(14)18;/h6-9,13H,5,10-12H2,1-4H3,(H,19,20)(H,21,23);1H. The van der Waals surface area contributed by atoms with E-state index in [4.69, 9.17) is 11.6 Å². The van der Waals surface area contributed by atoms with E-state index in [0.717, 1.165) is 23.1 Å². The number of aliphatic imine (C=N–C) groups is 1. The number of guanidine groups is 1. The molecule has 0 heterocycles. The van der Waals surface area contributed by atoms with Crippen molar-refractivity contribution in [1.82, 2.24) is 15.5 Å². The van der Waals surface area contributed by atoms with Crippen LogP contribution in [0.2, 0.25) is 5.02 Å². The molecule has 1 aromatic rings. The highest BCUT2D eigenvalue weighted by atomic mass is 127. The van der Waals surface area contributed by atoms with Gasteiger partial charge >= 0.3 is 0 Å². The summed E-state index contributed by atoms with van der Waals surface area (Å²) in [6.07, 6.45) is 0.382. The van der Waals surface area contributed by atoms with Crippen LogP contribution in [0.5, 0.6) is 0 Å². The van der Waals surface area contributed by atoms with E-state index in [1.807, 2.05) is 57.0 Å². The first-order valence-electron chi connectivity index (χ1n) is 7.96. The van der Waals surface area contributed by atoms with Crippen LogP contribution in [-0.2, 0) is 11.3 Å². The second-order valence-corrected chi connectivity index (χ2v) is 6.06. The summed E-state index contributed by atoms with van der Waals surface area (Å²) in [5.74, 6) is 0.790. The van der Waals surface area contributed by atoms with Gasteiger partial charge in [-0.25, -0.2) is 0 Å². The van der Waals surface area contributed by atoms with Crippen LogP contribution in [-0.4, -0.2) is 42.9 Å². The van der Waals surface area contributed by atoms with Crippen LogP contribution in [0.15, 0.2) is 29.3 Å². The van der Waals surface area contributed by atoms with Gasteiger partial charge in [-0.15, -0.1) is 24.0 Å². The van der Waals surface area contributed by atoms with Gasteiger partial charge in [0.1, 0.15) is 0 Å². The minimum atomic E-state index is 0. The van der Waals surface area contributed by atoms with E-state index in [1.54, 1.807) is 0 Å². The van der Waals surface area contributed by atoms with Crippen LogP contribution in [0.4, 0.5) is 0 Å². The lowest BCUT2D eigenvalue weighted by Crippen LogP contribution is -2.39. The molecule has 24 heavy (non-hydrogen) atoms. The molecule has 7 heteroatoms. The van der Waals surface area contributed by atoms with Gasteiger partial charge in [-0.3, -0.25) is 9.79 Å². The smallest absolute Gasteiger partial charge is 0.222 e. The maximum Gasteiger partial charge on any atom is 0.222 e. The van der Waals surface area contributed by atoms with Crippen molar-refractivity contribution < 1.29 is 4.79 Å². The fourth-order valence-corrected chi connectivity index (χ4v) is 2.28. The van der Waals surface area contributed by atoms with E-state index in [-0.39, 0.29) is 35.9 Å². The number of halogens is 2. The summed E-state index contributed by atoms with van der Waals surface area (Å²) in [7, 11) is 1.96. The maximum absolute atomic E-state index is 11.7. The normalized spacial score (nSPS) is 11.0. The van der Waals surface area contributed by atoms with E-state index in [0.29, 0.717) is 19.5 Å². The third-order valence-corrected chi connectivity index (χ3v) is 3.48. The van der Waals surface area contributed by atoms with Crippen molar-refractivity contribution in [3.8, 4) is 0 Å². The molecule has 0 spiro atoms. The minimum absolute atomic E-state index is 0. The van der Waals surface area contributed by atoms with Gasteiger partial charge in [-0.1, -0.05) is 29.8 Å². The summed E-state index contributed by atoms with van der Waals surface area (Å²) >= 11 is 6.20. The summed E-state index contributed by atoms with van der Waals surface area (Å²) in [5.41, 5.74) is 1.04. The molecule has 0 bridgehead atoms. The number of carbonyl (C=O) groups is 1. The minimum Gasteiger partial charge on any atom is -0.357 e. The zero-order valence-electron chi connectivity index (χ0n) is 14.8. The van der Waals surface area contributed by atoms with Gasteiger partial charge in [-0.2, -0.15) is 0 Å². The van der Waals surface area contributed by atoms with E-state index in [2.05, 4.69) is 15.6 Å². The van der Waals surface area contributed by atoms with E-state index in [9.17, 15) is 4.79 Å². The first kappa shape index (κ1) is 23.0. The first-order chi connectivity index (χ1) is 10.9. The molecule has 136 valence electrons. The van der Waals surface area contributed by atoms with Crippen LogP contribution in [0.1, 0.15) is 32.8 Å². The molecule has 1 amide bonds. The molecule has 0 saturated heterocycles. The molecular formula is C17H28ClIN4O. The fourth-order valence-electron chi connectivity index (χ4n) is 2.08. The molecule has 0 aliphatic carbocycles. The molecule has 1 rings (SSSR count). The molecule has 2 N–H and O–H groups in total. The molecule has 0 saturated carbocycles.